The fourth-order valence-electron chi connectivity index (χ4n) is 17.8. The highest BCUT2D eigenvalue weighted by Gasteiger charge is 2.47. The van der Waals surface area contributed by atoms with Crippen LogP contribution in [0.25, 0.3) is 143 Å². The van der Waals surface area contributed by atoms with Gasteiger partial charge in [-0.1, -0.05) is 317 Å². The lowest BCUT2D eigenvalue weighted by molar-refractivity contribution is 0.590. The minimum atomic E-state index is -0.349. The van der Waals surface area contributed by atoms with E-state index in [0.29, 0.717) is 0 Å². The average Bonchev–Trinajstić information content (AvgIpc) is 1.13. The van der Waals surface area contributed by atoms with Crippen LogP contribution >= 0.6 is 0 Å². The summed E-state index contributed by atoms with van der Waals surface area (Å²) in [7, 11) is 0. The van der Waals surface area contributed by atoms with Gasteiger partial charge in [0.25, 0.3) is 6.71 Å². The van der Waals surface area contributed by atoms with Gasteiger partial charge >= 0.3 is 0 Å². The van der Waals surface area contributed by atoms with Crippen molar-refractivity contribution in [2.24, 2.45) is 0 Å². The highest BCUT2D eigenvalue weighted by molar-refractivity contribution is 7.00. The quantitative estimate of drug-likeness (QED) is 0.107. The zero-order valence-electron chi connectivity index (χ0n) is 63.0. The molecule has 2 aliphatic heterocycles. The van der Waals surface area contributed by atoms with E-state index in [1.807, 2.05) is 0 Å². The second-order valence-electron chi connectivity index (χ2n) is 33.1. The van der Waals surface area contributed by atoms with Gasteiger partial charge in [-0.3, -0.25) is 0 Å². The van der Waals surface area contributed by atoms with Gasteiger partial charge in [-0.05, 0) is 188 Å². The minimum absolute atomic E-state index is 0.201. The molecule has 4 nitrogen and oxygen atoms in total. The van der Waals surface area contributed by atoms with E-state index in [0.717, 1.165) is 161 Å². The summed E-state index contributed by atoms with van der Waals surface area (Å²) in [6.45, 7) is 21.0. The molecule has 5 heteroatoms. The number of fused-ring (bicyclic) bond motifs is 12. The summed E-state index contributed by atoms with van der Waals surface area (Å²) in [6, 6.07) is 123. The molecule has 20 rings (SSSR count). The van der Waals surface area contributed by atoms with Crippen molar-refractivity contribution in [2.45, 2.75) is 78.6 Å². The summed E-state index contributed by atoms with van der Waals surface area (Å²) in [5.74, 6) is 0. The van der Waals surface area contributed by atoms with E-state index in [1.165, 1.54) is 49.4 Å². The number of para-hydroxylation sites is 3. The van der Waals surface area contributed by atoms with Gasteiger partial charge in [-0.25, -0.2) is 0 Å². The van der Waals surface area contributed by atoms with Crippen LogP contribution in [-0.4, -0.2) is 6.71 Å². The third-order valence-corrected chi connectivity index (χ3v) is 23.3. The summed E-state index contributed by atoms with van der Waals surface area (Å²) in [4.78, 5) is 5.45. The van der Waals surface area contributed by atoms with Crippen molar-refractivity contribution in [3.8, 4) is 77.9 Å². The molecule has 0 radical (unpaired) electrons. The van der Waals surface area contributed by atoms with Crippen molar-refractivity contribution >= 4 is 123 Å². The molecule has 522 valence electrons. The number of hydrogen-bond donors (Lipinski definition) is 0. The third-order valence-electron chi connectivity index (χ3n) is 23.3. The lowest BCUT2D eigenvalue weighted by Gasteiger charge is -2.47. The molecule has 0 atom stereocenters. The molecule has 2 aromatic heterocycles. The standard InChI is InChI=1S/C104H81BN2O2/c1-102(2,3)71-58-83(64-31-14-10-15-32-64)99(84(59-71)65-33-16-11-17-34-65)106-89-55-68(69-49-52-76-74-39-26-28-47-93(74)108-95(76)57-69)50-53-87(89)105-88-54-51-70(96-77-41-22-24-43-79(77)97(80-44-25-23-42-78(80)96)82-46-30-45-81-75-40-27-29-48-94(75)109-101(81)82)56-90(88)107(92-63-73(104(7,8)9)62-91(106)98(92)105)100-85(66-35-18-12-19-36-66)60-72(103(4,5)6)61-86(100)67-37-20-13-21-38-67/h10-63H,1-9H3. The molecular formula is C104H81BN2O2. The van der Waals surface area contributed by atoms with Gasteiger partial charge in [0.1, 0.15) is 22.3 Å². The van der Waals surface area contributed by atoms with Crippen LogP contribution in [0.2, 0.25) is 0 Å². The molecule has 4 heterocycles. The Hall–Kier alpha value is -12.7. The maximum absolute atomic E-state index is 6.94. The Balaban J connectivity index is 0.943. The molecule has 0 N–H and O–H groups in total. The normalized spacial score (nSPS) is 12.9. The van der Waals surface area contributed by atoms with E-state index >= 15 is 0 Å². The first-order valence-corrected chi connectivity index (χ1v) is 38.4. The lowest BCUT2D eigenvalue weighted by atomic mass is 9.33. The van der Waals surface area contributed by atoms with Gasteiger partial charge in [-0.15, -0.1) is 0 Å². The summed E-state index contributed by atoms with van der Waals surface area (Å²) < 4.78 is 13.7. The molecule has 0 fully saturated rings. The van der Waals surface area contributed by atoms with E-state index in [4.69, 9.17) is 8.83 Å². The van der Waals surface area contributed by atoms with Crippen molar-refractivity contribution in [1.29, 1.82) is 0 Å². The molecule has 0 spiro atoms. The molecule has 0 amide bonds. The van der Waals surface area contributed by atoms with Gasteiger partial charge in [0.15, 0.2) is 0 Å². The number of furan rings is 2. The van der Waals surface area contributed by atoms with E-state index < -0.39 is 0 Å². The third kappa shape index (κ3) is 10.7. The molecule has 0 aliphatic carbocycles. The van der Waals surface area contributed by atoms with E-state index in [-0.39, 0.29) is 23.0 Å². The van der Waals surface area contributed by atoms with Gasteiger partial charge in [0, 0.05) is 77.7 Å². The largest absolute Gasteiger partial charge is 0.456 e. The Morgan fingerprint density at radius 1 is 0.239 bits per heavy atom. The number of anilines is 6. The first-order valence-electron chi connectivity index (χ1n) is 38.4. The summed E-state index contributed by atoms with van der Waals surface area (Å²) in [6.07, 6.45) is 0. The van der Waals surface area contributed by atoms with E-state index in [9.17, 15) is 0 Å². The SMILES string of the molecule is CC(C)(C)c1cc(-c2ccccc2)c(N2c3cc(-c4ccc5c(c4)oc4ccccc45)ccc3B3c4ccc(-c5c6ccccc6c(-c6cccc7c6oc6ccccc67)c6ccccc56)cc4N(c4c(-c5ccccc5)cc(C(C)(C)C)cc4-c4ccccc4)c4cc(C(C)(C)C)cc2c43)c(-c2ccccc2)c1. The average molecular weight is 1400 g/mol. The van der Waals surface area contributed by atoms with Crippen LogP contribution in [0.4, 0.5) is 34.1 Å². The van der Waals surface area contributed by atoms with Crippen molar-refractivity contribution in [2.75, 3.05) is 9.80 Å². The van der Waals surface area contributed by atoms with Gasteiger partial charge < -0.3 is 18.6 Å². The van der Waals surface area contributed by atoms with Crippen molar-refractivity contribution in [1.82, 2.24) is 0 Å². The maximum Gasteiger partial charge on any atom is 0.252 e. The Labute approximate surface area is 637 Å². The Morgan fingerprint density at radius 2 is 0.587 bits per heavy atom. The van der Waals surface area contributed by atoms with Crippen LogP contribution in [-0.2, 0) is 16.2 Å². The zero-order chi connectivity index (χ0) is 73.8. The van der Waals surface area contributed by atoms with Crippen LogP contribution in [0.15, 0.2) is 336 Å². The Morgan fingerprint density at radius 3 is 1.05 bits per heavy atom. The van der Waals surface area contributed by atoms with Gasteiger partial charge in [0.05, 0.1) is 11.4 Å². The topological polar surface area (TPSA) is 32.8 Å². The van der Waals surface area contributed by atoms with Crippen LogP contribution in [0, 0.1) is 0 Å². The monoisotopic (exact) mass is 1400 g/mol. The first kappa shape index (κ1) is 65.8. The highest BCUT2D eigenvalue weighted by Crippen LogP contribution is 2.57. The Kier molecular flexibility index (Phi) is 15.1. The number of hydrogen-bond acceptors (Lipinski definition) is 4. The lowest BCUT2D eigenvalue weighted by Crippen LogP contribution is -2.61. The molecule has 0 unspecified atom stereocenters. The number of nitrogens with zero attached hydrogens (tertiary/aromatic N) is 2. The molecule has 0 saturated carbocycles. The van der Waals surface area contributed by atoms with Gasteiger partial charge in [-0.2, -0.15) is 0 Å². The van der Waals surface area contributed by atoms with E-state index in [2.05, 4.69) is 400 Å². The second kappa shape index (κ2) is 25.0. The van der Waals surface area contributed by atoms with Crippen molar-refractivity contribution in [3.05, 3.63) is 344 Å². The van der Waals surface area contributed by atoms with E-state index in [1.54, 1.807) is 0 Å². The molecular weight excluding hydrogens is 1320 g/mol. The fraction of sp³-hybridized carbons (Fsp3) is 0.115. The molecule has 2 aliphatic rings. The van der Waals surface area contributed by atoms with Crippen LogP contribution < -0.4 is 26.2 Å². The smallest absolute Gasteiger partial charge is 0.252 e. The molecule has 18 aromatic rings. The van der Waals surface area contributed by atoms with Crippen LogP contribution in [0.3, 0.4) is 0 Å². The van der Waals surface area contributed by atoms with Crippen LogP contribution in [0.5, 0.6) is 0 Å². The predicted molar refractivity (Wildman–Crippen MR) is 464 cm³/mol. The second-order valence-corrected chi connectivity index (χ2v) is 33.1. The van der Waals surface area contributed by atoms with Crippen molar-refractivity contribution < 1.29 is 8.83 Å². The predicted octanol–water partition coefficient (Wildman–Crippen LogP) is 27.4. The molecule has 16 aromatic carbocycles. The molecule has 0 saturated heterocycles. The number of rotatable bonds is 9. The van der Waals surface area contributed by atoms with Crippen molar-refractivity contribution in [3.63, 3.8) is 0 Å². The minimum Gasteiger partial charge on any atom is -0.456 e. The maximum atomic E-state index is 6.94. The first-order chi connectivity index (χ1) is 53.0. The summed E-state index contributed by atoms with van der Waals surface area (Å²) >= 11 is 0. The van der Waals surface area contributed by atoms with Gasteiger partial charge in [0.2, 0.25) is 0 Å². The fourth-order valence-corrected chi connectivity index (χ4v) is 17.8. The summed E-state index contributed by atoms with van der Waals surface area (Å²) in [5, 5.41) is 9.10. The molecule has 109 heavy (non-hydrogen) atoms. The Bertz CT molecular complexity index is 6550. The zero-order valence-corrected chi connectivity index (χ0v) is 63.0. The van der Waals surface area contributed by atoms with Crippen LogP contribution in [0.1, 0.15) is 79.0 Å². The summed E-state index contributed by atoms with van der Waals surface area (Å²) in [5.41, 5.74) is 32.9. The molecule has 0 bridgehead atoms. The highest BCUT2D eigenvalue weighted by atomic mass is 16.3. The number of benzene rings is 16.